The van der Waals surface area contributed by atoms with E-state index in [9.17, 15) is 27.6 Å². The zero-order valence-corrected chi connectivity index (χ0v) is 16.8. The van der Waals surface area contributed by atoms with Gasteiger partial charge in [-0.3, -0.25) is 18.7 Å². The molecule has 0 aliphatic heterocycles. The Kier molecular flexibility index (Phi) is 5.01. The van der Waals surface area contributed by atoms with Crippen LogP contribution in [-0.2, 0) is 25.3 Å². The zero-order valence-electron chi connectivity index (χ0n) is 16.0. The van der Waals surface area contributed by atoms with Crippen molar-refractivity contribution < 1.29 is 22.4 Å². The number of nitrogens with zero attached hydrogens (tertiary/aromatic N) is 3. The van der Waals surface area contributed by atoms with Crippen molar-refractivity contribution in [3.8, 4) is 11.3 Å². The Morgan fingerprint density at radius 1 is 1.13 bits per heavy atom. The average molecular weight is 450 g/mol. The summed E-state index contributed by atoms with van der Waals surface area (Å²) in [7, 11) is 2.75. The maximum absolute atomic E-state index is 13.9. The molecule has 0 fully saturated rings. The van der Waals surface area contributed by atoms with E-state index in [1.54, 1.807) is 0 Å². The molecule has 0 aliphatic carbocycles. The molecular weight excluding hydrogens is 437 g/mol. The third kappa shape index (κ3) is 3.54. The lowest BCUT2D eigenvalue weighted by Crippen LogP contribution is -2.36. The van der Waals surface area contributed by atoms with Gasteiger partial charge in [-0.05, 0) is 6.07 Å². The van der Waals surface area contributed by atoms with Gasteiger partial charge in [-0.2, -0.15) is 0 Å². The van der Waals surface area contributed by atoms with Gasteiger partial charge in [-0.15, -0.1) is 11.3 Å². The zero-order chi connectivity index (χ0) is 22.4. The fraction of sp³-hybridized carbons (Fsp3) is 0.158. The van der Waals surface area contributed by atoms with Gasteiger partial charge in [0.25, 0.3) is 5.56 Å². The number of halogens is 3. The number of aromatic nitrogens is 3. The molecule has 0 atom stereocenters. The number of thiazole rings is 1. The van der Waals surface area contributed by atoms with E-state index in [4.69, 9.17) is 4.42 Å². The van der Waals surface area contributed by atoms with Crippen molar-refractivity contribution >= 4 is 33.5 Å². The first-order chi connectivity index (χ1) is 14.7. The number of hydrogen-bond donors (Lipinski definition) is 1. The summed E-state index contributed by atoms with van der Waals surface area (Å²) in [5.41, 5.74) is -1.08. The van der Waals surface area contributed by atoms with E-state index in [0.717, 1.165) is 20.5 Å². The van der Waals surface area contributed by atoms with E-state index in [1.807, 2.05) is 0 Å². The summed E-state index contributed by atoms with van der Waals surface area (Å²) in [5.74, 6) is -4.09. The summed E-state index contributed by atoms with van der Waals surface area (Å²) in [5, 5.41) is 4.07. The smallest absolute Gasteiger partial charge is 0.333 e. The van der Waals surface area contributed by atoms with Crippen LogP contribution in [0.1, 0.15) is 5.56 Å². The molecule has 3 heterocycles. The topological polar surface area (TPSA) is 99.1 Å². The molecule has 8 nitrogen and oxygen atoms in total. The van der Waals surface area contributed by atoms with Crippen LogP contribution >= 0.6 is 11.3 Å². The van der Waals surface area contributed by atoms with Crippen molar-refractivity contribution in [1.82, 2.24) is 14.1 Å². The van der Waals surface area contributed by atoms with Gasteiger partial charge in [-0.1, -0.05) is 0 Å². The highest BCUT2D eigenvalue weighted by molar-refractivity contribution is 7.14. The van der Waals surface area contributed by atoms with Crippen molar-refractivity contribution in [2.24, 2.45) is 14.1 Å². The molecule has 4 aromatic rings. The summed E-state index contributed by atoms with van der Waals surface area (Å²) >= 11 is 0.957. The molecule has 0 unspecified atom stereocenters. The normalized spacial score (nSPS) is 11.3. The van der Waals surface area contributed by atoms with E-state index in [1.165, 1.54) is 25.7 Å². The van der Waals surface area contributed by atoms with Gasteiger partial charge >= 0.3 is 5.69 Å². The maximum Gasteiger partial charge on any atom is 0.333 e. The van der Waals surface area contributed by atoms with Gasteiger partial charge in [0.05, 0.1) is 18.4 Å². The van der Waals surface area contributed by atoms with E-state index >= 15 is 0 Å². The SMILES string of the molecule is Cn1c(=O)c2c(CC(=O)Nc3nc(-c4cc(F)c(F)cc4F)cs3)coc2n(C)c1=O. The number of fused-ring (bicyclic) bond motifs is 1. The maximum atomic E-state index is 13.9. The number of aryl methyl sites for hydroxylation is 1. The second-order valence-electron chi connectivity index (χ2n) is 6.66. The van der Waals surface area contributed by atoms with E-state index in [0.29, 0.717) is 12.1 Å². The number of furan rings is 1. The summed E-state index contributed by atoms with van der Waals surface area (Å²) in [4.78, 5) is 40.8. The van der Waals surface area contributed by atoms with Crippen LogP contribution in [0.4, 0.5) is 18.3 Å². The first kappa shape index (κ1) is 20.6. The van der Waals surface area contributed by atoms with Crippen LogP contribution < -0.4 is 16.6 Å². The Bertz CT molecular complexity index is 1470. The van der Waals surface area contributed by atoms with Crippen molar-refractivity contribution in [2.45, 2.75) is 6.42 Å². The summed E-state index contributed by atoms with van der Waals surface area (Å²) < 4.78 is 47.8. The van der Waals surface area contributed by atoms with Gasteiger partial charge in [0.2, 0.25) is 11.6 Å². The van der Waals surface area contributed by atoms with Crippen LogP contribution in [0.2, 0.25) is 0 Å². The fourth-order valence-electron chi connectivity index (χ4n) is 3.06. The van der Waals surface area contributed by atoms with Crippen molar-refractivity contribution in [2.75, 3.05) is 5.32 Å². The molecule has 0 bridgehead atoms. The lowest BCUT2D eigenvalue weighted by molar-refractivity contribution is -0.115. The molecule has 31 heavy (non-hydrogen) atoms. The molecule has 0 radical (unpaired) electrons. The Hall–Kier alpha value is -3.67. The van der Waals surface area contributed by atoms with Crippen LogP contribution in [0.5, 0.6) is 0 Å². The van der Waals surface area contributed by atoms with Gasteiger partial charge in [0.1, 0.15) is 11.2 Å². The Morgan fingerprint density at radius 3 is 2.58 bits per heavy atom. The molecule has 3 aromatic heterocycles. The van der Waals surface area contributed by atoms with Crippen LogP contribution in [0.25, 0.3) is 22.4 Å². The number of benzene rings is 1. The monoisotopic (exact) mass is 450 g/mol. The third-order valence-corrected chi connectivity index (χ3v) is 5.39. The number of rotatable bonds is 4. The lowest BCUT2D eigenvalue weighted by atomic mass is 10.1. The minimum absolute atomic E-state index is 0.0225. The molecule has 0 aliphatic rings. The number of hydrogen-bond acceptors (Lipinski definition) is 6. The molecule has 0 saturated carbocycles. The van der Waals surface area contributed by atoms with E-state index in [-0.39, 0.29) is 39.5 Å². The van der Waals surface area contributed by atoms with Gasteiger partial charge < -0.3 is 9.73 Å². The molecule has 0 spiro atoms. The molecule has 12 heteroatoms. The summed E-state index contributed by atoms with van der Waals surface area (Å²) in [6.45, 7) is 0. The number of carbonyl (C=O) groups excluding carboxylic acids is 1. The van der Waals surface area contributed by atoms with Gasteiger partial charge in [0, 0.05) is 36.7 Å². The number of amides is 1. The number of carbonyl (C=O) groups is 1. The first-order valence-corrected chi connectivity index (χ1v) is 9.61. The van der Waals surface area contributed by atoms with Gasteiger partial charge in [-0.25, -0.2) is 22.9 Å². The van der Waals surface area contributed by atoms with E-state index < -0.39 is 34.6 Å². The molecule has 4 rings (SSSR count). The van der Waals surface area contributed by atoms with Crippen LogP contribution in [0, 0.1) is 17.5 Å². The predicted octanol–water partition coefficient (Wildman–Crippen LogP) is 2.55. The number of anilines is 1. The third-order valence-electron chi connectivity index (χ3n) is 4.63. The summed E-state index contributed by atoms with van der Waals surface area (Å²) in [6, 6.07) is 1.10. The quantitative estimate of drug-likeness (QED) is 0.482. The lowest BCUT2D eigenvalue weighted by Gasteiger charge is -2.04. The van der Waals surface area contributed by atoms with Crippen molar-refractivity contribution in [3.05, 3.63) is 67.6 Å². The van der Waals surface area contributed by atoms with Crippen molar-refractivity contribution in [3.63, 3.8) is 0 Å². The minimum Gasteiger partial charge on any atom is -0.447 e. The molecule has 1 aromatic carbocycles. The van der Waals surface area contributed by atoms with Gasteiger partial charge in [0.15, 0.2) is 16.8 Å². The molecule has 0 saturated heterocycles. The second-order valence-corrected chi connectivity index (χ2v) is 7.51. The fourth-order valence-corrected chi connectivity index (χ4v) is 3.79. The number of nitrogens with one attached hydrogen (secondary N) is 1. The molecule has 1 amide bonds. The minimum atomic E-state index is -1.32. The molecule has 160 valence electrons. The summed E-state index contributed by atoms with van der Waals surface area (Å²) in [6.07, 6.45) is 0.962. The molecular formula is C19H13F3N4O4S. The van der Waals surface area contributed by atoms with Crippen LogP contribution in [0.15, 0.2) is 37.8 Å². The largest absolute Gasteiger partial charge is 0.447 e. The standard InChI is InChI=1S/C19H13F3N4O4S/c1-25-16(28)15-8(6-30-17(15)26(2)19(25)29)3-14(27)24-18-23-13(7-31-18)9-4-11(21)12(22)5-10(9)20/h4-7H,3H2,1-2H3,(H,23,24,27). The predicted molar refractivity (Wildman–Crippen MR) is 106 cm³/mol. The first-order valence-electron chi connectivity index (χ1n) is 8.73. The Morgan fingerprint density at radius 2 is 1.84 bits per heavy atom. The van der Waals surface area contributed by atoms with Crippen molar-refractivity contribution in [1.29, 1.82) is 0 Å². The highest BCUT2D eigenvalue weighted by atomic mass is 32.1. The second kappa shape index (κ2) is 7.54. The Balaban J connectivity index is 1.58. The molecule has 1 N–H and O–H groups in total. The van der Waals surface area contributed by atoms with Crippen LogP contribution in [0.3, 0.4) is 0 Å². The highest BCUT2D eigenvalue weighted by Crippen LogP contribution is 2.28. The van der Waals surface area contributed by atoms with Crippen LogP contribution in [-0.4, -0.2) is 20.0 Å². The highest BCUT2D eigenvalue weighted by Gasteiger charge is 2.19. The Labute approximate surface area is 175 Å². The van der Waals surface area contributed by atoms with E-state index in [2.05, 4.69) is 10.3 Å². The average Bonchev–Trinajstić information content (AvgIpc) is 3.34.